The van der Waals surface area contributed by atoms with Gasteiger partial charge in [0.05, 0.1) is 5.02 Å². The summed E-state index contributed by atoms with van der Waals surface area (Å²) in [6.45, 7) is 3.87. The number of carbonyl (C=O) groups excluding carboxylic acids is 1. The summed E-state index contributed by atoms with van der Waals surface area (Å²) < 4.78 is 11.4. The number of nitrogens with zero attached hydrogens (tertiary/aromatic N) is 4. The zero-order valence-corrected chi connectivity index (χ0v) is 20.0. The minimum atomic E-state index is -0.148. The number of hydrogen-bond donors (Lipinski definition) is 0. The largest absolute Gasteiger partial charge is 0.482 e. The predicted octanol–water partition coefficient (Wildman–Crippen LogP) is 5.06. The van der Waals surface area contributed by atoms with Crippen LogP contribution in [0.1, 0.15) is 22.7 Å². The van der Waals surface area contributed by atoms with E-state index in [4.69, 9.17) is 32.4 Å². The Bertz CT molecular complexity index is 1240. The van der Waals surface area contributed by atoms with E-state index in [1.807, 2.05) is 42.2 Å². The average molecular weight is 497 g/mol. The average Bonchev–Trinajstić information content (AvgIpc) is 3.26. The maximum absolute atomic E-state index is 12.6. The van der Waals surface area contributed by atoms with Crippen molar-refractivity contribution >= 4 is 47.1 Å². The third kappa shape index (κ3) is 5.71. The molecule has 4 rings (SSSR count). The molecule has 0 radical (unpaired) electrons. The monoisotopic (exact) mass is 496 g/mol. The molecule has 174 valence electrons. The van der Waals surface area contributed by atoms with Crippen molar-refractivity contribution in [1.82, 2.24) is 9.88 Å². The lowest BCUT2D eigenvalue weighted by molar-refractivity contribution is -0.133. The number of amides is 1. The molecule has 1 aliphatic rings. The molecule has 7 nitrogen and oxygen atoms in total. The Morgan fingerprint density at radius 3 is 2.56 bits per heavy atom. The van der Waals surface area contributed by atoms with Crippen LogP contribution in [0.15, 0.2) is 46.9 Å². The van der Waals surface area contributed by atoms with E-state index in [1.54, 1.807) is 29.2 Å². The fraction of sp³-hybridized carbons (Fsp3) is 0.240. The molecule has 0 atom stereocenters. The van der Waals surface area contributed by atoms with Gasteiger partial charge >= 0.3 is 0 Å². The van der Waals surface area contributed by atoms with Crippen LogP contribution in [0.2, 0.25) is 10.0 Å². The number of carbonyl (C=O) groups is 1. The fourth-order valence-electron chi connectivity index (χ4n) is 3.51. The van der Waals surface area contributed by atoms with Crippen LogP contribution >= 0.6 is 23.2 Å². The highest BCUT2D eigenvalue weighted by Gasteiger charge is 2.26. The SMILES string of the molecule is Cc1ccc(/C=C/c2nc(C#N)c(N3CCN(C(=O)COc4ccc(Cl)cc4Cl)CC3)o2)cc1. The molecular formula is C25H22Cl2N4O3. The number of aryl methyl sites for hydroxylation is 1. The van der Waals surface area contributed by atoms with E-state index in [2.05, 4.69) is 11.1 Å². The molecular weight excluding hydrogens is 475 g/mol. The maximum Gasteiger partial charge on any atom is 0.260 e. The number of anilines is 1. The van der Waals surface area contributed by atoms with Crippen LogP contribution in [0.4, 0.5) is 5.88 Å². The van der Waals surface area contributed by atoms with Crippen molar-refractivity contribution in [3.63, 3.8) is 0 Å². The van der Waals surface area contributed by atoms with Crippen LogP contribution in [0.3, 0.4) is 0 Å². The summed E-state index contributed by atoms with van der Waals surface area (Å²) in [6.07, 6.45) is 3.63. The standard InChI is InChI=1S/C25H22Cl2N4O3/c1-17-2-4-18(5-3-17)6-9-23-29-21(15-28)25(34-23)31-12-10-30(11-13-31)24(32)16-33-22-8-7-19(26)14-20(22)27/h2-9,14H,10-13,16H2,1H3/b9-6+. The van der Waals surface area contributed by atoms with Gasteiger partial charge in [-0.05, 0) is 36.8 Å². The highest BCUT2D eigenvalue weighted by Crippen LogP contribution is 2.28. The summed E-state index contributed by atoms with van der Waals surface area (Å²) in [5.41, 5.74) is 2.42. The number of piperazine rings is 1. The summed E-state index contributed by atoms with van der Waals surface area (Å²) in [4.78, 5) is 20.5. The second kappa shape index (κ2) is 10.6. The van der Waals surface area contributed by atoms with Crippen molar-refractivity contribution in [3.8, 4) is 11.8 Å². The highest BCUT2D eigenvalue weighted by molar-refractivity contribution is 6.35. The van der Waals surface area contributed by atoms with Crippen molar-refractivity contribution in [2.75, 3.05) is 37.7 Å². The van der Waals surface area contributed by atoms with Gasteiger partial charge in [0.2, 0.25) is 17.5 Å². The molecule has 0 N–H and O–H groups in total. The molecule has 1 aliphatic heterocycles. The van der Waals surface area contributed by atoms with Gasteiger partial charge in [0.15, 0.2) is 6.61 Å². The topological polar surface area (TPSA) is 82.6 Å². The quantitative estimate of drug-likeness (QED) is 0.474. The fourth-order valence-corrected chi connectivity index (χ4v) is 3.98. The number of aromatic nitrogens is 1. The smallest absolute Gasteiger partial charge is 0.260 e. The molecule has 3 aromatic rings. The number of ether oxygens (including phenoxy) is 1. The van der Waals surface area contributed by atoms with E-state index in [9.17, 15) is 10.1 Å². The highest BCUT2D eigenvalue weighted by atomic mass is 35.5. The van der Waals surface area contributed by atoms with E-state index < -0.39 is 0 Å². The first-order chi connectivity index (χ1) is 16.4. The molecule has 0 aliphatic carbocycles. The van der Waals surface area contributed by atoms with Crippen LogP contribution in [-0.4, -0.2) is 48.6 Å². The lowest BCUT2D eigenvalue weighted by Gasteiger charge is -2.34. The maximum atomic E-state index is 12.6. The predicted molar refractivity (Wildman–Crippen MR) is 132 cm³/mol. The Labute approximate surface area is 207 Å². The molecule has 1 aromatic heterocycles. The lowest BCUT2D eigenvalue weighted by Crippen LogP contribution is -2.50. The zero-order valence-electron chi connectivity index (χ0n) is 18.5. The first-order valence-corrected chi connectivity index (χ1v) is 11.4. The minimum Gasteiger partial charge on any atom is -0.482 e. The van der Waals surface area contributed by atoms with Gasteiger partial charge < -0.3 is 19.0 Å². The van der Waals surface area contributed by atoms with Gasteiger partial charge in [-0.1, -0.05) is 53.0 Å². The Balaban J connectivity index is 1.34. The Kier molecular flexibility index (Phi) is 7.41. The molecule has 34 heavy (non-hydrogen) atoms. The molecule has 9 heteroatoms. The summed E-state index contributed by atoms with van der Waals surface area (Å²) >= 11 is 12.0. The number of halogens is 2. The first-order valence-electron chi connectivity index (χ1n) is 10.7. The second-order valence-corrected chi connectivity index (χ2v) is 8.64. The van der Waals surface area contributed by atoms with Crippen LogP contribution in [0.5, 0.6) is 5.75 Å². The van der Waals surface area contributed by atoms with Gasteiger partial charge in [-0.2, -0.15) is 10.2 Å². The van der Waals surface area contributed by atoms with Gasteiger partial charge in [-0.3, -0.25) is 4.79 Å². The van der Waals surface area contributed by atoms with Gasteiger partial charge in [-0.25, -0.2) is 0 Å². The van der Waals surface area contributed by atoms with Crippen molar-refractivity contribution in [2.24, 2.45) is 0 Å². The summed E-state index contributed by atoms with van der Waals surface area (Å²) in [6, 6.07) is 15.0. The molecule has 0 unspecified atom stereocenters. The second-order valence-electron chi connectivity index (χ2n) is 7.79. The molecule has 2 aromatic carbocycles. The molecule has 0 spiro atoms. The number of oxazole rings is 1. The van der Waals surface area contributed by atoms with E-state index in [-0.39, 0.29) is 18.2 Å². The third-order valence-electron chi connectivity index (χ3n) is 5.39. The first kappa shape index (κ1) is 23.7. The van der Waals surface area contributed by atoms with Crippen LogP contribution in [0.25, 0.3) is 12.2 Å². The lowest BCUT2D eigenvalue weighted by atomic mass is 10.1. The van der Waals surface area contributed by atoms with Gasteiger partial charge in [0.25, 0.3) is 5.91 Å². The van der Waals surface area contributed by atoms with Crippen LogP contribution in [-0.2, 0) is 4.79 Å². The van der Waals surface area contributed by atoms with Crippen molar-refractivity contribution in [2.45, 2.75) is 6.92 Å². The molecule has 0 bridgehead atoms. The third-order valence-corrected chi connectivity index (χ3v) is 5.92. The molecule has 1 amide bonds. The number of nitriles is 1. The van der Waals surface area contributed by atoms with Crippen molar-refractivity contribution < 1.29 is 13.9 Å². The van der Waals surface area contributed by atoms with E-state index in [0.29, 0.717) is 53.7 Å². The van der Waals surface area contributed by atoms with E-state index in [1.165, 1.54) is 5.56 Å². The number of hydrogen-bond acceptors (Lipinski definition) is 6. The Morgan fingerprint density at radius 2 is 1.88 bits per heavy atom. The molecule has 2 heterocycles. The summed E-state index contributed by atoms with van der Waals surface area (Å²) in [5.74, 6) is 1.04. The Hall–Kier alpha value is -3.47. The van der Waals surface area contributed by atoms with E-state index in [0.717, 1.165) is 5.56 Å². The van der Waals surface area contributed by atoms with Gasteiger partial charge in [0.1, 0.15) is 11.8 Å². The van der Waals surface area contributed by atoms with Crippen molar-refractivity contribution in [3.05, 3.63) is 75.2 Å². The van der Waals surface area contributed by atoms with Crippen molar-refractivity contribution in [1.29, 1.82) is 5.26 Å². The van der Waals surface area contributed by atoms with Crippen LogP contribution in [0, 0.1) is 18.3 Å². The number of benzene rings is 2. The zero-order chi connectivity index (χ0) is 24.1. The summed E-state index contributed by atoms with van der Waals surface area (Å²) in [7, 11) is 0. The number of rotatable bonds is 6. The van der Waals surface area contributed by atoms with Gasteiger partial charge in [-0.15, -0.1) is 0 Å². The molecule has 1 fully saturated rings. The normalized spacial score (nSPS) is 13.8. The van der Waals surface area contributed by atoms with E-state index >= 15 is 0 Å². The molecule has 0 saturated carbocycles. The van der Waals surface area contributed by atoms with Gasteiger partial charge in [0, 0.05) is 37.3 Å². The minimum absolute atomic E-state index is 0.124. The Morgan fingerprint density at radius 1 is 1.15 bits per heavy atom. The summed E-state index contributed by atoms with van der Waals surface area (Å²) in [5, 5.41) is 10.4. The molecule has 1 saturated heterocycles. The van der Waals surface area contributed by atoms with Crippen LogP contribution < -0.4 is 9.64 Å².